The van der Waals surface area contributed by atoms with Crippen LogP contribution in [-0.2, 0) is 0 Å². The summed E-state index contributed by atoms with van der Waals surface area (Å²) in [5.74, 6) is 1.67. The summed E-state index contributed by atoms with van der Waals surface area (Å²) in [6, 6.07) is 0. The van der Waals surface area contributed by atoms with Crippen LogP contribution in [0.2, 0.25) is 0 Å². The van der Waals surface area contributed by atoms with Gasteiger partial charge in [-0.05, 0) is 22.8 Å². The van der Waals surface area contributed by atoms with Gasteiger partial charge in [-0.1, -0.05) is 41.5 Å². The first-order valence-electron chi connectivity index (χ1n) is 3.46. The third-order valence-corrected chi connectivity index (χ3v) is 0. The molecule has 0 rings (SSSR count). The van der Waals surface area contributed by atoms with E-state index in [9.17, 15) is 0 Å². The van der Waals surface area contributed by atoms with Crippen molar-refractivity contribution in [3.05, 3.63) is 0 Å². The molecule has 11 heavy (non-hydrogen) atoms. The van der Waals surface area contributed by atoms with Crippen molar-refractivity contribution in [2.24, 2.45) is 11.8 Å². The van der Waals surface area contributed by atoms with Crippen LogP contribution >= 0.6 is 24.8 Å². The minimum atomic E-state index is 0. The molecule has 0 saturated carbocycles. The van der Waals surface area contributed by atoms with Gasteiger partial charge in [0.25, 0.3) is 0 Å². The maximum Gasteiger partial charge on any atom is -0.0149 e. The van der Waals surface area contributed by atoms with Crippen molar-refractivity contribution >= 4 is 35.8 Å². The largest absolute Gasteiger partial charge is 0.147 e. The summed E-state index contributed by atoms with van der Waals surface area (Å²) < 4.78 is 0. The summed E-state index contributed by atoms with van der Waals surface area (Å²) in [4.78, 5) is 0. The van der Waals surface area contributed by atoms with Gasteiger partial charge in [-0.25, -0.2) is 0 Å². The Kier molecular flexibility index (Phi) is 60.7. The van der Waals surface area contributed by atoms with Gasteiger partial charge < -0.3 is 0 Å². The molecule has 3 heteroatoms. The number of halogens is 2. The van der Waals surface area contributed by atoms with Crippen molar-refractivity contribution < 1.29 is 0 Å². The predicted octanol–water partition coefficient (Wildman–Crippen LogP) is 2.72. The monoisotopic (exact) mass is 220 g/mol. The minimum absolute atomic E-state index is 0. The summed E-state index contributed by atoms with van der Waals surface area (Å²) in [6.07, 6.45) is 0. The predicted molar refractivity (Wildman–Crippen MR) is 66.9 cm³/mol. The van der Waals surface area contributed by atoms with Crippen LogP contribution in [0.1, 0.15) is 41.5 Å². The molecule has 76 valence electrons. The first-order chi connectivity index (χ1) is 3.46. The Morgan fingerprint density at radius 2 is 0.545 bits per heavy atom. The molecule has 0 bridgehead atoms. The summed E-state index contributed by atoms with van der Waals surface area (Å²) >= 11 is 0. The Hall–Kier alpha value is 0.797. The summed E-state index contributed by atoms with van der Waals surface area (Å²) in [5, 5.41) is 0. The topological polar surface area (TPSA) is 0 Å². The zero-order valence-electron chi connectivity index (χ0n) is 7.97. The molecular formula is C8H26Cl2Si. The molecule has 0 aliphatic carbocycles. The molecule has 0 aromatic carbocycles. The molecule has 0 aliphatic heterocycles. The highest BCUT2D eigenvalue weighted by molar-refractivity contribution is 5.85. The second kappa shape index (κ2) is 22.4. The highest BCUT2D eigenvalue weighted by Crippen LogP contribution is 1.81. The average molecular weight is 221 g/mol. The molecule has 0 unspecified atom stereocenters. The number of hydrogen-bond acceptors (Lipinski definition) is 0. The molecule has 0 aromatic rings. The fourth-order valence-corrected chi connectivity index (χ4v) is 0. The van der Waals surface area contributed by atoms with Crippen molar-refractivity contribution in [2.75, 3.05) is 0 Å². The van der Waals surface area contributed by atoms with Gasteiger partial charge >= 0.3 is 0 Å². The molecular weight excluding hydrogens is 195 g/mol. The number of rotatable bonds is 0. The first-order valence-corrected chi connectivity index (χ1v) is 3.46. The standard InChI is InChI=1S/2C4H10.2ClH.H4Si/c2*1-4(2)3;;;/h2*4H,1-3H3;2*1H;1H4. The van der Waals surface area contributed by atoms with Gasteiger partial charge in [0.2, 0.25) is 0 Å². The van der Waals surface area contributed by atoms with Crippen LogP contribution in [0.3, 0.4) is 0 Å². The zero-order valence-corrected chi connectivity index (χ0v) is 9.60. The highest BCUT2D eigenvalue weighted by Gasteiger charge is 1.68. The Morgan fingerprint density at radius 1 is 0.545 bits per heavy atom. The lowest BCUT2D eigenvalue weighted by molar-refractivity contribution is 0.736. The van der Waals surface area contributed by atoms with Crippen LogP contribution in [0.5, 0.6) is 0 Å². The maximum atomic E-state index is 2.17. The van der Waals surface area contributed by atoms with Crippen LogP contribution in [0, 0.1) is 11.8 Å². The van der Waals surface area contributed by atoms with Crippen molar-refractivity contribution in [3.8, 4) is 0 Å². The van der Waals surface area contributed by atoms with E-state index in [1.165, 1.54) is 0 Å². The minimum Gasteiger partial charge on any atom is -0.147 e. The van der Waals surface area contributed by atoms with Crippen molar-refractivity contribution in [2.45, 2.75) is 41.5 Å². The molecule has 0 radical (unpaired) electrons. The van der Waals surface area contributed by atoms with Gasteiger partial charge in [0.1, 0.15) is 0 Å². The molecule has 0 aliphatic rings. The quantitative estimate of drug-likeness (QED) is 0.552. The van der Waals surface area contributed by atoms with E-state index in [1.54, 1.807) is 0 Å². The molecule has 0 fully saturated rings. The summed E-state index contributed by atoms with van der Waals surface area (Å²) in [7, 11) is 0. The van der Waals surface area contributed by atoms with E-state index in [1.807, 2.05) is 0 Å². The highest BCUT2D eigenvalue weighted by atomic mass is 35.5. The van der Waals surface area contributed by atoms with Crippen LogP contribution in [-0.4, -0.2) is 11.0 Å². The first kappa shape index (κ1) is 29.8. The lowest BCUT2D eigenvalue weighted by Gasteiger charge is -1.79. The Morgan fingerprint density at radius 3 is 0.545 bits per heavy atom. The van der Waals surface area contributed by atoms with Gasteiger partial charge in [-0.2, -0.15) is 0 Å². The van der Waals surface area contributed by atoms with Crippen molar-refractivity contribution in [3.63, 3.8) is 0 Å². The van der Waals surface area contributed by atoms with E-state index in [4.69, 9.17) is 0 Å². The van der Waals surface area contributed by atoms with Crippen molar-refractivity contribution in [1.29, 1.82) is 0 Å². The normalized spacial score (nSPS) is 6.55. The Bertz CT molecular complexity index is 27.6. The molecule has 0 heterocycles. The zero-order chi connectivity index (χ0) is 7.15. The SMILES string of the molecule is CC(C)C.CC(C)C.Cl.Cl.[SiH4]. The molecule has 0 spiro atoms. The third kappa shape index (κ3) is 1320. The third-order valence-electron chi connectivity index (χ3n) is 0. The Balaban J connectivity index is -0.0000000171. The molecule has 0 saturated heterocycles. The fourth-order valence-electron chi connectivity index (χ4n) is 0. The van der Waals surface area contributed by atoms with Crippen LogP contribution in [0.4, 0.5) is 0 Å². The van der Waals surface area contributed by atoms with Gasteiger partial charge in [0.15, 0.2) is 0 Å². The molecule has 0 amide bonds. The molecule has 0 nitrogen and oxygen atoms in total. The van der Waals surface area contributed by atoms with Crippen LogP contribution in [0.25, 0.3) is 0 Å². The second-order valence-corrected chi connectivity index (χ2v) is 3.46. The van der Waals surface area contributed by atoms with E-state index >= 15 is 0 Å². The second-order valence-electron chi connectivity index (χ2n) is 3.46. The van der Waals surface area contributed by atoms with Crippen LogP contribution in [0.15, 0.2) is 0 Å². The van der Waals surface area contributed by atoms with Crippen molar-refractivity contribution in [1.82, 2.24) is 0 Å². The molecule has 0 atom stereocenters. The van der Waals surface area contributed by atoms with Gasteiger partial charge in [0, 0.05) is 0 Å². The van der Waals surface area contributed by atoms with E-state index in [0.717, 1.165) is 11.8 Å². The summed E-state index contributed by atoms with van der Waals surface area (Å²) in [5.41, 5.74) is 0. The van der Waals surface area contributed by atoms with Gasteiger partial charge in [0.05, 0.1) is 0 Å². The molecule has 0 N–H and O–H groups in total. The van der Waals surface area contributed by atoms with E-state index < -0.39 is 0 Å². The van der Waals surface area contributed by atoms with Gasteiger partial charge in [-0.3, -0.25) is 0 Å². The van der Waals surface area contributed by atoms with Crippen LogP contribution < -0.4 is 0 Å². The maximum absolute atomic E-state index is 2.17. The lowest BCUT2D eigenvalue weighted by Crippen LogP contribution is -1.66. The molecule has 0 aromatic heterocycles. The van der Waals surface area contributed by atoms with Gasteiger partial charge in [-0.15, -0.1) is 24.8 Å². The number of hydrogen-bond donors (Lipinski definition) is 0. The summed E-state index contributed by atoms with van der Waals surface area (Å²) in [6.45, 7) is 13.0. The van der Waals surface area contributed by atoms with E-state index in [-0.39, 0.29) is 35.8 Å². The van der Waals surface area contributed by atoms with E-state index in [0.29, 0.717) is 0 Å². The average Bonchev–Trinajstić information content (AvgIpc) is 1.25. The smallest absolute Gasteiger partial charge is 0.0149 e. The van der Waals surface area contributed by atoms with E-state index in [2.05, 4.69) is 41.5 Å². The Labute approximate surface area is 89.4 Å². The lowest BCUT2D eigenvalue weighted by atomic mass is 10.3. The fraction of sp³-hybridized carbons (Fsp3) is 1.00.